The van der Waals surface area contributed by atoms with Crippen molar-refractivity contribution in [2.24, 2.45) is 5.92 Å². The van der Waals surface area contributed by atoms with Gasteiger partial charge in [0, 0.05) is 12.7 Å². The van der Waals surface area contributed by atoms with Crippen LogP contribution in [0.5, 0.6) is 0 Å². The zero-order valence-corrected chi connectivity index (χ0v) is 10.1. The van der Waals surface area contributed by atoms with Crippen LogP contribution in [-0.4, -0.2) is 7.05 Å². The normalized spacial score (nSPS) is 15.2. The van der Waals surface area contributed by atoms with Crippen LogP contribution in [-0.2, 0) is 0 Å². The van der Waals surface area contributed by atoms with Gasteiger partial charge in [0.25, 0.3) is 0 Å². The molecule has 0 radical (unpaired) electrons. The van der Waals surface area contributed by atoms with Gasteiger partial charge in [-0.1, -0.05) is 32.1 Å². The number of rotatable bonds is 5. The molecule has 0 saturated heterocycles. The minimum atomic E-state index is 0.592. The third kappa shape index (κ3) is 4.31. The van der Waals surface area contributed by atoms with Crippen LogP contribution in [0, 0.1) is 5.92 Å². The Morgan fingerprint density at radius 2 is 1.93 bits per heavy atom. The van der Waals surface area contributed by atoms with E-state index < -0.39 is 0 Å². The smallest absolute Gasteiger partial charge is 0.0133 e. The van der Waals surface area contributed by atoms with Gasteiger partial charge in [0.2, 0.25) is 0 Å². The largest absolute Gasteiger partial charge is 0.391 e. The van der Waals surface area contributed by atoms with E-state index in [1.165, 1.54) is 11.3 Å². The second-order valence-corrected chi connectivity index (χ2v) is 3.81. The van der Waals surface area contributed by atoms with Gasteiger partial charge >= 0.3 is 0 Å². The van der Waals surface area contributed by atoms with Crippen molar-refractivity contribution in [3.05, 3.63) is 35.6 Å². The monoisotopic (exact) mass is 193 g/mol. The molecule has 0 heterocycles. The molecule has 0 aromatic heterocycles. The molecule has 1 N–H and O–H groups in total. The van der Waals surface area contributed by atoms with Gasteiger partial charge < -0.3 is 5.32 Å². The molecule has 1 unspecified atom stereocenters. The Morgan fingerprint density at radius 3 is 2.29 bits per heavy atom. The van der Waals surface area contributed by atoms with Crippen molar-refractivity contribution in [3.63, 3.8) is 0 Å². The van der Waals surface area contributed by atoms with Gasteiger partial charge in [-0.2, -0.15) is 0 Å². The van der Waals surface area contributed by atoms with Crippen molar-refractivity contribution in [2.45, 2.75) is 34.1 Å². The van der Waals surface area contributed by atoms with Gasteiger partial charge in [-0.15, -0.1) is 0 Å². The fourth-order valence-corrected chi connectivity index (χ4v) is 1.07. The number of allylic oxidation sites excluding steroid dienone is 5. The van der Waals surface area contributed by atoms with E-state index >= 15 is 0 Å². The average molecular weight is 193 g/mol. The minimum Gasteiger partial charge on any atom is -0.391 e. The second kappa shape index (κ2) is 6.47. The predicted octanol–water partition coefficient (Wildman–Crippen LogP) is 3.66. The maximum atomic E-state index is 3.91. The fraction of sp³-hybridized carbons (Fsp3) is 0.538. The van der Waals surface area contributed by atoms with E-state index in [2.05, 4.69) is 44.8 Å². The molecule has 14 heavy (non-hydrogen) atoms. The lowest BCUT2D eigenvalue weighted by Gasteiger charge is -2.12. The molecule has 80 valence electrons. The first-order chi connectivity index (χ1) is 6.52. The molecular formula is C13H23N. The molecular weight excluding hydrogens is 170 g/mol. The summed E-state index contributed by atoms with van der Waals surface area (Å²) in [5, 5.41) is 3.23. The highest BCUT2D eigenvalue weighted by Crippen LogP contribution is 2.12. The van der Waals surface area contributed by atoms with E-state index in [0.717, 1.165) is 12.0 Å². The van der Waals surface area contributed by atoms with E-state index in [9.17, 15) is 0 Å². The Balaban J connectivity index is 4.61. The molecule has 1 atom stereocenters. The molecule has 0 bridgehead atoms. The van der Waals surface area contributed by atoms with Crippen LogP contribution in [0.4, 0.5) is 0 Å². The average Bonchev–Trinajstić information content (AvgIpc) is 2.17. The SMILES string of the molecule is C=C(C)/C(C)=C\C=C(\NC)C(C)CC. The highest BCUT2D eigenvalue weighted by molar-refractivity contribution is 5.29. The summed E-state index contributed by atoms with van der Waals surface area (Å²) in [6.45, 7) is 12.4. The van der Waals surface area contributed by atoms with Crippen LogP contribution in [0.15, 0.2) is 35.6 Å². The van der Waals surface area contributed by atoms with Crippen molar-refractivity contribution >= 4 is 0 Å². The maximum Gasteiger partial charge on any atom is 0.0133 e. The van der Waals surface area contributed by atoms with E-state index in [1.54, 1.807) is 0 Å². The van der Waals surface area contributed by atoms with Crippen molar-refractivity contribution in [2.75, 3.05) is 7.05 Å². The van der Waals surface area contributed by atoms with Gasteiger partial charge in [0.05, 0.1) is 0 Å². The Bertz CT molecular complexity index is 246. The van der Waals surface area contributed by atoms with Crippen LogP contribution in [0.2, 0.25) is 0 Å². The fourth-order valence-electron chi connectivity index (χ4n) is 1.07. The maximum absolute atomic E-state index is 3.91. The van der Waals surface area contributed by atoms with Crippen molar-refractivity contribution < 1.29 is 0 Å². The molecule has 0 aliphatic rings. The molecule has 0 aromatic rings. The van der Waals surface area contributed by atoms with Crippen LogP contribution in [0.3, 0.4) is 0 Å². The number of hydrogen-bond acceptors (Lipinski definition) is 1. The molecule has 0 rings (SSSR count). The summed E-state index contributed by atoms with van der Waals surface area (Å²) < 4.78 is 0. The van der Waals surface area contributed by atoms with E-state index in [-0.39, 0.29) is 0 Å². The summed E-state index contributed by atoms with van der Waals surface area (Å²) in [4.78, 5) is 0. The summed E-state index contributed by atoms with van der Waals surface area (Å²) in [6, 6.07) is 0. The van der Waals surface area contributed by atoms with Crippen LogP contribution in [0.25, 0.3) is 0 Å². The molecule has 1 nitrogen and oxygen atoms in total. The third-order valence-electron chi connectivity index (χ3n) is 2.62. The van der Waals surface area contributed by atoms with Crippen LogP contribution in [0.1, 0.15) is 34.1 Å². The summed E-state index contributed by atoms with van der Waals surface area (Å²) in [6.07, 6.45) is 5.44. The first-order valence-electron chi connectivity index (χ1n) is 5.25. The van der Waals surface area contributed by atoms with Gasteiger partial charge in [-0.3, -0.25) is 0 Å². The van der Waals surface area contributed by atoms with Crippen LogP contribution >= 0.6 is 0 Å². The molecule has 0 aliphatic carbocycles. The van der Waals surface area contributed by atoms with Crippen molar-refractivity contribution in [3.8, 4) is 0 Å². The van der Waals surface area contributed by atoms with Crippen molar-refractivity contribution in [1.82, 2.24) is 5.32 Å². The lowest BCUT2D eigenvalue weighted by atomic mass is 10.0. The Labute approximate surface area is 88.6 Å². The lowest BCUT2D eigenvalue weighted by molar-refractivity contribution is 0.613. The quantitative estimate of drug-likeness (QED) is 0.657. The number of nitrogens with one attached hydrogen (secondary N) is 1. The zero-order chi connectivity index (χ0) is 11.1. The second-order valence-electron chi connectivity index (χ2n) is 3.81. The first-order valence-corrected chi connectivity index (χ1v) is 5.25. The standard InChI is InChI=1S/C13H23N/c1-7-11(4)13(14-6)9-8-12(5)10(2)3/h8-9,11,14H,2,7H2,1,3-6H3/b12-8-,13-9+. The van der Waals surface area contributed by atoms with Gasteiger partial charge in [0.1, 0.15) is 0 Å². The molecule has 0 aromatic carbocycles. The summed E-state index contributed by atoms with van der Waals surface area (Å²) in [5.41, 5.74) is 3.65. The third-order valence-corrected chi connectivity index (χ3v) is 2.62. The molecule has 0 saturated carbocycles. The predicted molar refractivity (Wildman–Crippen MR) is 65.2 cm³/mol. The van der Waals surface area contributed by atoms with Gasteiger partial charge in [-0.05, 0) is 37.8 Å². The Morgan fingerprint density at radius 1 is 1.36 bits per heavy atom. The molecule has 0 aliphatic heterocycles. The van der Waals surface area contributed by atoms with E-state index in [1.807, 2.05) is 14.0 Å². The van der Waals surface area contributed by atoms with Crippen LogP contribution < -0.4 is 5.32 Å². The summed E-state index contributed by atoms with van der Waals surface area (Å²) in [7, 11) is 1.97. The summed E-state index contributed by atoms with van der Waals surface area (Å²) >= 11 is 0. The van der Waals surface area contributed by atoms with Crippen molar-refractivity contribution in [1.29, 1.82) is 0 Å². The Hall–Kier alpha value is -0.980. The zero-order valence-electron chi connectivity index (χ0n) is 10.1. The molecule has 0 spiro atoms. The van der Waals surface area contributed by atoms with E-state index in [4.69, 9.17) is 0 Å². The van der Waals surface area contributed by atoms with Gasteiger partial charge in [-0.25, -0.2) is 0 Å². The number of hydrogen-bond donors (Lipinski definition) is 1. The molecule has 0 amide bonds. The van der Waals surface area contributed by atoms with E-state index in [0.29, 0.717) is 5.92 Å². The summed E-state index contributed by atoms with van der Waals surface area (Å²) in [5.74, 6) is 0.592. The first kappa shape index (κ1) is 13.0. The highest BCUT2D eigenvalue weighted by Gasteiger charge is 2.02. The van der Waals surface area contributed by atoms with Gasteiger partial charge in [0.15, 0.2) is 0 Å². The Kier molecular flexibility index (Phi) is 6.02. The molecule has 1 heteroatoms. The highest BCUT2D eigenvalue weighted by atomic mass is 14.8. The minimum absolute atomic E-state index is 0.592. The topological polar surface area (TPSA) is 12.0 Å². The molecule has 0 fully saturated rings. The lowest BCUT2D eigenvalue weighted by Crippen LogP contribution is -2.12.